The summed E-state index contributed by atoms with van der Waals surface area (Å²) in [6.07, 6.45) is 7.81. The smallest absolute Gasteiger partial charge is 0.307 e. The van der Waals surface area contributed by atoms with Gasteiger partial charge in [-0.15, -0.1) is 0 Å². The summed E-state index contributed by atoms with van der Waals surface area (Å²) in [5, 5.41) is 10.1. The number of carbonyl (C=O) groups excluding carboxylic acids is 1. The molecule has 0 radical (unpaired) electrons. The Kier molecular flexibility index (Phi) is 4.48. The second kappa shape index (κ2) is 6.64. The minimum Gasteiger partial charge on any atom is -0.508 e. The normalized spacial score (nSPS) is 31.1. The number of carbonyl (C=O) groups is 1. The number of benzene rings is 1. The van der Waals surface area contributed by atoms with Gasteiger partial charge < -0.3 is 9.84 Å². The first-order valence-electron chi connectivity index (χ1n) is 9.86. The molecular weight excluding hydrogens is 314 g/mol. The molecule has 4 rings (SSSR count). The Bertz CT molecular complexity index is 659. The molecule has 1 saturated carbocycles. The molecule has 1 aromatic rings. The summed E-state index contributed by atoms with van der Waals surface area (Å²) >= 11 is 0. The van der Waals surface area contributed by atoms with Crippen LogP contribution in [0.5, 0.6) is 5.75 Å². The summed E-state index contributed by atoms with van der Waals surface area (Å²) in [4.78, 5) is 14.3. The van der Waals surface area contributed by atoms with Gasteiger partial charge in [0.05, 0.1) is 13.0 Å². The van der Waals surface area contributed by atoms with E-state index in [0.717, 1.165) is 25.9 Å². The topological polar surface area (TPSA) is 49.8 Å². The zero-order valence-corrected chi connectivity index (χ0v) is 15.2. The number of aromatic hydroxyl groups is 1. The van der Waals surface area contributed by atoms with E-state index in [1.807, 2.05) is 19.1 Å². The van der Waals surface area contributed by atoms with Crippen molar-refractivity contribution in [3.63, 3.8) is 0 Å². The maximum absolute atomic E-state index is 11.8. The quantitative estimate of drug-likeness (QED) is 0.851. The number of likely N-dealkylation sites (tertiary alicyclic amines) is 1. The standard InChI is InChI=1S/C21H29NO3/c1-2-25-20(24)8-11-22-12-10-21-9-4-3-5-17(21)19(22)13-15-6-7-16(23)14-18(15)21/h6-7,14,17,19,23H,2-5,8-13H2,1H3/t17-,19+,21+/m0/s1. The highest BCUT2D eigenvalue weighted by Crippen LogP contribution is 2.56. The zero-order valence-electron chi connectivity index (χ0n) is 15.2. The van der Waals surface area contributed by atoms with Crippen molar-refractivity contribution in [1.29, 1.82) is 0 Å². The molecule has 2 aliphatic carbocycles. The van der Waals surface area contributed by atoms with E-state index in [0.29, 0.717) is 30.7 Å². The van der Waals surface area contributed by atoms with Crippen molar-refractivity contribution in [3.05, 3.63) is 29.3 Å². The lowest BCUT2D eigenvalue weighted by Gasteiger charge is -2.59. The van der Waals surface area contributed by atoms with E-state index in [-0.39, 0.29) is 11.4 Å². The largest absolute Gasteiger partial charge is 0.508 e. The molecule has 0 spiro atoms. The van der Waals surface area contributed by atoms with Gasteiger partial charge in [-0.3, -0.25) is 9.69 Å². The molecule has 0 unspecified atom stereocenters. The monoisotopic (exact) mass is 343 g/mol. The highest BCUT2D eigenvalue weighted by molar-refractivity contribution is 5.69. The third-order valence-electron chi connectivity index (χ3n) is 6.84. The zero-order chi connectivity index (χ0) is 17.4. The van der Waals surface area contributed by atoms with E-state index in [1.165, 1.54) is 36.8 Å². The third kappa shape index (κ3) is 2.84. The van der Waals surface area contributed by atoms with Gasteiger partial charge in [-0.2, -0.15) is 0 Å². The van der Waals surface area contributed by atoms with Crippen molar-refractivity contribution in [2.24, 2.45) is 5.92 Å². The number of hydrogen-bond acceptors (Lipinski definition) is 4. The lowest BCUT2D eigenvalue weighted by atomic mass is 9.52. The molecule has 1 N–H and O–H groups in total. The van der Waals surface area contributed by atoms with Crippen LogP contribution in [-0.4, -0.2) is 41.7 Å². The van der Waals surface area contributed by atoms with Crippen LogP contribution in [0, 0.1) is 5.92 Å². The predicted octanol–water partition coefficient (Wildman–Crippen LogP) is 3.40. The van der Waals surface area contributed by atoms with Gasteiger partial charge in [-0.25, -0.2) is 0 Å². The molecule has 1 aromatic carbocycles. The van der Waals surface area contributed by atoms with Crippen molar-refractivity contribution in [3.8, 4) is 5.75 Å². The molecule has 0 aromatic heterocycles. The predicted molar refractivity (Wildman–Crippen MR) is 96.7 cm³/mol. The number of fused-ring (bicyclic) bond motifs is 1. The van der Waals surface area contributed by atoms with Gasteiger partial charge in [0.15, 0.2) is 0 Å². The van der Waals surface area contributed by atoms with Gasteiger partial charge in [0.1, 0.15) is 5.75 Å². The molecule has 3 atom stereocenters. The Morgan fingerprint density at radius 3 is 3.08 bits per heavy atom. The third-order valence-corrected chi connectivity index (χ3v) is 6.84. The number of ether oxygens (including phenoxy) is 1. The van der Waals surface area contributed by atoms with Crippen molar-refractivity contribution in [2.75, 3.05) is 19.7 Å². The summed E-state index contributed by atoms with van der Waals surface area (Å²) in [6.45, 7) is 4.19. The van der Waals surface area contributed by atoms with Crippen LogP contribution in [0.25, 0.3) is 0 Å². The Balaban J connectivity index is 1.61. The van der Waals surface area contributed by atoms with Crippen LogP contribution in [0.2, 0.25) is 0 Å². The molecular formula is C21H29NO3. The second-order valence-corrected chi connectivity index (χ2v) is 7.96. The van der Waals surface area contributed by atoms with Crippen LogP contribution < -0.4 is 0 Å². The van der Waals surface area contributed by atoms with Crippen LogP contribution in [0.1, 0.15) is 56.6 Å². The van der Waals surface area contributed by atoms with E-state index in [2.05, 4.69) is 11.0 Å². The van der Waals surface area contributed by atoms with E-state index in [9.17, 15) is 9.90 Å². The molecule has 4 heteroatoms. The molecule has 136 valence electrons. The highest BCUT2D eigenvalue weighted by Gasteiger charge is 2.53. The number of esters is 1. The lowest BCUT2D eigenvalue weighted by molar-refractivity contribution is -0.144. The second-order valence-electron chi connectivity index (χ2n) is 7.96. The van der Waals surface area contributed by atoms with E-state index >= 15 is 0 Å². The maximum Gasteiger partial charge on any atom is 0.307 e. The first kappa shape index (κ1) is 16.9. The highest BCUT2D eigenvalue weighted by atomic mass is 16.5. The molecule has 3 aliphatic rings. The van der Waals surface area contributed by atoms with E-state index in [1.54, 1.807) is 0 Å². The van der Waals surface area contributed by atoms with Crippen LogP contribution in [-0.2, 0) is 21.4 Å². The fraction of sp³-hybridized carbons (Fsp3) is 0.667. The average molecular weight is 343 g/mol. The van der Waals surface area contributed by atoms with E-state index < -0.39 is 0 Å². The number of rotatable bonds is 4. The lowest BCUT2D eigenvalue weighted by Crippen LogP contribution is -2.61. The van der Waals surface area contributed by atoms with Crippen molar-refractivity contribution < 1.29 is 14.6 Å². The van der Waals surface area contributed by atoms with Crippen molar-refractivity contribution >= 4 is 5.97 Å². The molecule has 2 bridgehead atoms. The SMILES string of the molecule is CCOC(=O)CCN1CC[C@]23CCCC[C@H]2[C@H]1Cc1ccc(O)cc13. The van der Waals surface area contributed by atoms with Gasteiger partial charge in [0.2, 0.25) is 0 Å². The fourth-order valence-corrected chi connectivity index (χ4v) is 5.82. The molecule has 25 heavy (non-hydrogen) atoms. The summed E-state index contributed by atoms with van der Waals surface area (Å²) in [5.74, 6) is 0.983. The van der Waals surface area contributed by atoms with Gasteiger partial charge in [0, 0.05) is 18.0 Å². The van der Waals surface area contributed by atoms with Crippen LogP contribution in [0.3, 0.4) is 0 Å². The average Bonchev–Trinajstić information content (AvgIpc) is 2.62. The summed E-state index contributed by atoms with van der Waals surface area (Å²) < 4.78 is 5.12. The molecule has 2 fully saturated rings. The number of phenolic OH excluding ortho intramolecular Hbond substituents is 1. The van der Waals surface area contributed by atoms with Gasteiger partial charge >= 0.3 is 5.97 Å². The maximum atomic E-state index is 11.8. The van der Waals surface area contributed by atoms with Gasteiger partial charge in [0.25, 0.3) is 0 Å². The summed E-state index contributed by atoms with van der Waals surface area (Å²) in [6, 6.07) is 6.52. The van der Waals surface area contributed by atoms with Gasteiger partial charge in [-0.1, -0.05) is 18.9 Å². The minimum absolute atomic E-state index is 0.0795. The Labute approximate surface area is 150 Å². The van der Waals surface area contributed by atoms with Crippen LogP contribution in [0.15, 0.2) is 18.2 Å². The number of nitrogens with zero attached hydrogens (tertiary/aromatic N) is 1. The number of phenols is 1. The number of hydrogen-bond donors (Lipinski definition) is 1. The summed E-state index contributed by atoms with van der Waals surface area (Å²) in [7, 11) is 0. The summed E-state index contributed by atoms with van der Waals surface area (Å²) in [5.41, 5.74) is 3.07. The molecule has 1 heterocycles. The Hall–Kier alpha value is -1.55. The van der Waals surface area contributed by atoms with Gasteiger partial charge in [-0.05, 0) is 68.3 Å². The molecule has 1 aliphatic heterocycles. The Morgan fingerprint density at radius 2 is 2.24 bits per heavy atom. The Morgan fingerprint density at radius 1 is 1.36 bits per heavy atom. The van der Waals surface area contributed by atoms with Crippen molar-refractivity contribution in [2.45, 2.75) is 63.3 Å². The first-order chi connectivity index (χ1) is 12.1. The van der Waals surface area contributed by atoms with Crippen LogP contribution >= 0.6 is 0 Å². The number of piperidine rings is 1. The molecule has 0 amide bonds. The van der Waals surface area contributed by atoms with Crippen molar-refractivity contribution in [1.82, 2.24) is 4.90 Å². The minimum atomic E-state index is -0.0795. The van der Waals surface area contributed by atoms with Crippen LogP contribution in [0.4, 0.5) is 0 Å². The molecule has 4 nitrogen and oxygen atoms in total. The first-order valence-corrected chi connectivity index (χ1v) is 9.86. The van der Waals surface area contributed by atoms with E-state index in [4.69, 9.17) is 4.74 Å². The molecule has 1 saturated heterocycles. The fourth-order valence-electron chi connectivity index (χ4n) is 5.82.